The zero-order valence-corrected chi connectivity index (χ0v) is 21.8. The van der Waals surface area contributed by atoms with E-state index >= 15 is 0 Å². The fourth-order valence-corrected chi connectivity index (χ4v) is 5.32. The molecular formula is C30H36N2O4. The molecule has 1 aromatic heterocycles. The number of ether oxygens (including phenoxy) is 1. The van der Waals surface area contributed by atoms with Gasteiger partial charge in [0.15, 0.2) is 5.43 Å². The number of rotatable bonds is 6. The quantitative estimate of drug-likeness (QED) is 0.493. The standard InChI is InChI=1S/C30H36N2O4/c1-5-20-7-12-24-23(19-20)27(33)25-26(21-8-10-22(11-9-21)30(2,3)4)32(29(34)28(25)36-24)14-6-13-31-15-17-35-18-16-31/h7-12,19,26H,5-6,13-18H2,1-4H3. The van der Waals surface area contributed by atoms with E-state index in [1.165, 1.54) is 5.56 Å². The van der Waals surface area contributed by atoms with Gasteiger partial charge < -0.3 is 14.1 Å². The third-order valence-corrected chi connectivity index (χ3v) is 7.51. The van der Waals surface area contributed by atoms with Gasteiger partial charge in [0.2, 0.25) is 5.76 Å². The van der Waals surface area contributed by atoms with Crippen molar-refractivity contribution in [2.45, 2.75) is 52.0 Å². The summed E-state index contributed by atoms with van der Waals surface area (Å²) in [5.74, 6) is -0.0107. The van der Waals surface area contributed by atoms with Gasteiger partial charge in [0, 0.05) is 26.2 Å². The maximum atomic E-state index is 13.8. The molecular weight excluding hydrogens is 452 g/mol. The maximum absolute atomic E-state index is 13.8. The van der Waals surface area contributed by atoms with E-state index in [9.17, 15) is 9.59 Å². The maximum Gasteiger partial charge on any atom is 0.290 e. The molecule has 5 rings (SSSR count). The summed E-state index contributed by atoms with van der Waals surface area (Å²) in [6, 6.07) is 13.6. The van der Waals surface area contributed by atoms with Gasteiger partial charge >= 0.3 is 0 Å². The average molecular weight is 489 g/mol. The number of hydrogen-bond donors (Lipinski definition) is 0. The molecule has 0 N–H and O–H groups in total. The van der Waals surface area contributed by atoms with Gasteiger partial charge in [-0.05, 0) is 47.1 Å². The highest BCUT2D eigenvalue weighted by atomic mass is 16.5. The van der Waals surface area contributed by atoms with Crippen molar-refractivity contribution in [3.8, 4) is 0 Å². The summed E-state index contributed by atoms with van der Waals surface area (Å²) >= 11 is 0. The Balaban J connectivity index is 1.55. The first-order valence-electron chi connectivity index (χ1n) is 13.1. The van der Waals surface area contributed by atoms with Crippen molar-refractivity contribution in [2.24, 2.45) is 0 Å². The highest BCUT2D eigenvalue weighted by Gasteiger charge is 2.42. The van der Waals surface area contributed by atoms with E-state index in [1.807, 2.05) is 23.1 Å². The zero-order chi connectivity index (χ0) is 25.4. The van der Waals surface area contributed by atoms with Gasteiger partial charge in [-0.25, -0.2) is 0 Å². The van der Waals surface area contributed by atoms with Crippen LogP contribution in [0.2, 0.25) is 0 Å². The third kappa shape index (κ3) is 4.60. The molecule has 0 saturated carbocycles. The molecule has 1 atom stereocenters. The third-order valence-electron chi connectivity index (χ3n) is 7.51. The molecule has 0 aliphatic carbocycles. The molecule has 3 heterocycles. The SMILES string of the molecule is CCc1ccc2oc3c(c(=O)c2c1)C(c1ccc(C(C)(C)C)cc1)N(CCCN1CCOCC1)C3=O. The fraction of sp³-hybridized carbons (Fsp3) is 0.467. The Morgan fingerprint density at radius 3 is 2.36 bits per heavy atom. The van der Waals surface area contributed by atoms with E-state index in [4.69, 9.17) is 9.15 Å². The van der Waals surface area contributed by atoms with Crippen molar-refractivity contribution in [1.82, 2.24) is 9.80 Å². The average Bonchev–Trinajstić information content (AvgIpc) is 3.16. The molecule has 190 valence electrons. The second-order valence-electron chi connectivity index (χ2n) is 10.9. The summed E-state index contributed by atoms with van der Waals surface area (Å²) in [5.41, 5.74) is 4.10. The predicted octanol–water partition coefficient (Wildman–Crippen LogP) is 4.92. The minimum atomic E-state index is -0.447. The molecule has 0 radical (unpaired) electrons. The van der Waals surface area contributed by atoms with E-state index in [0.717, 1.165) is 56.8 Å². The number of nitrogens with zero attached hydrogens (tertiary/aromatic N) is 2. The lowest BCUT2D eigenvalue weighted by Gasteiger charge is -2.29. The highest BCUT2D eigenvalue weighted by Crippen LogP contribution is 2.39. The summed E-state index contributed by atoms with van der Waals surface area (Å²) < 4.78 is 11.6. The van der Waals surface area contributed by atoms with Crippen molar-refractivity contribution in [2.75, 3.05) is 39.4 Å². The van der Waals surface area contributed by atoms with Gasteiger partial charge in [-0.15, -0.1) is 0 Å². The van der Waals surface area contributed by atoms with Gasteiger partial charge in [-0.1, -0.05) is 58.0 Å². The van der Waals surface area contributed by atoms with Crippen LogP contribution in [0.5, 0.6) is 0 Å². The van der Waals surface area contributed by atoms with Crippen LogP contribution in [0.15, 0.2) is 51.7 Å². The molecule has 2 aliphatic rings. The van der Waals surface area contributed by atoms with Gasteiger partial charge in [-0.3, -0.25) is 14.5 Å². The molecule has 0 spiro atoms. The first-order chi connectivity index (χ1) is 17.3. The molecule has 1 unspecified atom stereocenters. The molecule has 0 bridgehead atoms. The number of hydrogen-bond acceptors (Lipinski definition) is 5. The van der Waals surface area contributed by atoms with Gasteiger partial charge in [0.25, 0.3) is 5.91 Å². The van der Waals surface area contributed by atoms with Crippen molar-refractivity contribution in [3.05, 3.63) is 80.7 Å². The Morgan fingerprint density at radius 2 is 1.69 bits per heavy atom. The van der Waals surface area contributed by atoms with Crippen LogP contribution in [0.4, 0.5) is 0 Å². The molecule has 2 aromatic carbocycles. The normalized spacial score (nSPS) is 18.7. The first kappa shape index (κ1) is 24.7. The molecule has 3 aromatic rings. The Hall–Kier alpha value is -2.96. The Morgan fingerprint density at radius 1 is 0.972 bits per heavy atom. The Kier molecular flexibility index (Phi) is 6.75. The fourth-order valence-electron chi connectivity index (χ4n) is 5.32. The van der Waals surface area contributed by atoms with E-state index in [2.05, 4.69) is 56.9 Å². The lowest BCUT2D eigenvalue weighted by molar-refractivity contribution is 0.0353. The monoisotopic (exact) mass is 488 g/mol. The van der Waals surface area contributed by atoms with E-state index in [0.29, 0.717) is 23.1 Å². The number of carbonyl (C=O) groups excluding carboxylic acids is 1. The lowest BCUT2D eigenvalue weighted by atomic mass is 9.86. The number of benzene rings is 2. The van der Waals surface area contributed by atoms with Crippen LogP contribution in [-0.4, -0.2) is 55.1 Å². The smallest absolute Gasteiger partial charge is 0.290 e. The van der Waals surface area contributed by atoms with Gasteiger partial charge in [0.1, 0.15) is 5.58 Å². The molecule has 1 amide bonds. The predicted molar refractivity (Wildman–Crippen MR) is 142 cm³/mol. The highest BCUT2D eigenvalue weighted by molar-refractivity contribution is 5.99. The summed E-state index contributed by atoms with van der Waals surface area (Å²) in [7, 11) is 0. The Labute approximate surface area is 212 Å². The van der Waals surface area contributed by atoms with Gasteiger partial charge in [-0.2, -0.15) is 0 Å². The van der Waals surface area contributed by atoms with Crippen molar-refractivity contribution < 1.29 is 13.9 Å². The molecule has 1 fully saturated rings. The summed E-state index contributed by atoms with van der Waals surface area (Å²) in [5, 5.41) is 0.548. The van der Waals surface area contributed by atoms with Crippen LogP contribution in [0.3, 0.4) is 0 Å². The van der Waals surface area contributed by atoms with Crippen molar-refractivity contribution in [3.63, 3.8) is 0 Å². The molecule has 6 nitrogen and oxygen atoms in total. The second-order valence-corrected chi connectivity index (χ2v) is 10.9. The molecule has 6 heteroatoms. The largest absolute Gasteiger partial charge is 0.450 e. The summed E-state index contributed by atoms with van der Waals surface area (Å²) in [6.45, 7) is 13.4. The number of amides is 1. The van der Waals surface area contributed by atoms with Crippen molar-refractivity contribution in [1.29, 1.82) is 0 Å². The van der Waals surface area contributed by atoms with Crippen LogP contribution >= 0.6 is 0 Å². The van der Waals surface area contributed by atoms with Crippen LogP contribution in [0.1, 0.15) is 73.0 Å². The topological polar surface area (TPSA) is 63.0 Å². The van der Waals surface area contributed by atoms with Crippen LogP contribution < -0.4 is 5.43 Å². The minimum Gasteiger partial charge on any atom is -0.450 e. The second kappa shape index (κ2) is 9.83. The summed E-state index contributed by atoms with van der Waals surface area (Å²) in [4.78, 5) is 31.7. The van der Waals surface area contributed by atoms with Crippen LogP contribution in [0.25, 0.3) is 11.0 Å². The number of morpholine rings is 1. The molecule has 36 heavy (non-hydrogen) atoms. The lowest BCUT2D eigenvalue weighted by Crippen LogP contribution is -2.38. The first-order valence-corrected chi connectivity index (χ1v) is 13.1. The number of carbonyl (C=O) groups is 1. The van der Waals surface area contributed by atoms with E-state index < -0.39 is 6.04 Å². The van der Waals surface area contributed by atoms with Crippen LogP contribution in [-0.2, 0) is 16.6 Å². The minimum absolute atomic E-state index is 0.0194. The number of aryl methyl sites for hydroxylation is 1. The van der Waals surface area contributed by atoms with Gasteiger partial charge in [0.05, 0.1) is 30.2 Å². The van der Waals surface area contributed by atoms with Crippen molar-refractivity contribution >= 4 is 16.9 Å². The summed E-state index contributed by atoms with van der Waals surface area (Å²) in [6.07, 6.45) is 1.65. The van der Waals surface area contributed by atoms with Crippen LogP contribution in [0, 0.1) is 0 Å². The Bertz CT molecular complexity index is 1310. The molecule has 2 aliphatic heterocycles. The molecule has 1 saturated heterocycles. The zero-order valence-electron chi connectivity index (χ0n) is 21.8. The number of fused-ring (bicyclic) bond motifs is 2. The van der Waals surface area contributed by atoms with E-state index in [-0.39, 0.29) is 22.5 Å². The van der Waals surface area contributed by atoms with E-state index in [1.54, 1.807) is 0 Å².